The molecule has 21 heavy (non-hydrogen) atoms. The van der Waals surface area contributed by atoms with Crippen LogP contribution in [0.2, 0.25) is 0 Å². The maximum absolute atomic E-state index is 13.6. The van der Waals surface area contributed by atoms with Gasteiger partial charge in [0.15, 0.2) is 0 Å². The Balaban J connectivity index is 2.37. The minimum atomic E-state index is -0.260. The van der Waals surface area contributed by atoms with Gasteiger partial charge in [0.05, 0.1) is 5.52 Å². The highest BCUT2D eigenvalue weighted by molar-refractivity contribution is 5.97. The van der Waals surface area contributed by atoms with Crippen molar-refractivity contribution < 1.29 is 4.39 Å². The molecule has 0 saturated heterocycles. The number of nitrogens with zero attached hydrogens (tertiary/aromatic N) is 3. The molecule has 2 heterocycles. The molecule has 0 radical (unpaired) electrons. The van der Waals surface area contributed by atoms with Gasteiger partial charge in [-0.2, -0.15) is 0 Å². The lowest BCUT2D eigenvalue weighted by Crippen LogP contribution is -2.11. The van der Waals surface area contributed by atoms with Crippen LogP contribution in [0.3, 0.4) is 0 Å². The summed E-state index contributed by atoms with van der Waals surface area (Å²) in [5.41, 5.74) is 3.62. The third-order valence-corrected chi connectivity index (χ3v) is 3.40. The zero-order valence-electron chi connectivity index (χ0n) is 12.3. The van der Waals surface area contributed by atoms with E-state index >= 15 is 0 Å². The lowest BCUT2D eigenvalue weighted by Gasteiger charge is -2.17. The van der Waals surface area contributed by atoms with Gasteiger partial charge in [-0.15, -0.1) is 0 Å². The average molecular weight is 281 g/mol. The lowest BCUT2D eigenvalue weighted by molar-refractivity contribution is 0.629. The van der Waals surface area contributed by atoms with Gasteiger partial charge in [-0.3, -0.25) is 4.98 Å². The van der Waals surface area contributed by atoms with Crippen molar-refractivity contribution in [3.05, 3.63) is 54.1 Å². The standard InChI is InChI=1S/C17H16FN3/c1-11-9-14(13-5-4-8-19-17(13)21(2)3)15-10-12(18)6-7-16(15)20-11/h4-10H,1-3H3. The van der Waals surface area contributed by atoms with Crippen LogP contribution in [0, 0.1) is 12.7 Å². The zero-order chi connectivity index (χ0) is 15.0. The maximum atomic E-state index is 13.6. The molecule has 4 heteroatoms. The number of fused-ring (bicyclic) bond motifs is 1. The van der Waals surface area contributed by atoms with Gasteiger partial charge in [-0.25, -0.2) is 9.37 Å². The Bertz CT molecular complexity index is 812. The maximum Gasteiger partial charge on any atom is 0.135 e. The van der Waals surface area contributed by atoms with Crippen LogP contribution < -0.4 is 4.90 Å². The first kappa shape index (κ1) is 13.5. The Morgan fingerprint density at radius 3 is 2.62 bits per heavy atom. The van der Waals surface area contributed by atoms with Crippen molar-refractivity contribution >= 4 is 16.7 Å². The minimum absolute atomic E-state index is 0.260. The highest BCUT2D eigenvalue weighted by atomic mass is 19.1. The molecule has 1 aromatic carbocycles. The number of halogens is 1. The predicted octanol–water partition coefficient (Wildman–Crippen LogP) is 3.81. The van der Waals surface area contributed by atoms with Crippen molar-refractivity contribution in [1.82, 2.24) is 9.97 Å². The molecule has 0 N–H and O–H groups in total. The largest absolute Gasteiger partial charge is 0.362 e. The molecular weight excluding hydrogens is 265 g/mol. The molecule has 3 rings (SSSR count). The van der Waals surface area contributed by atoms with Crippen molar-refractivity contribution in [1.29, 1.82) is 0 Å². The van der Waals surface area contributed by atoms with Crippen LogP contribution >= 0.6 is 0 Å². The van der Waals surface area contributed by atoms with Crippen molar-refractivity contribution in [2.45, 2.75) is 6.92 Å². The van der Waals surface area contributed by atoms with E-state index in [-0.39, 0.29) is 5.82 Å². The topological polar surface area (TPSA) is 29.0 Å². The number of anilines is 1. The Kier molecular flexibility index (Phi) is 3.29. The first-order valence-electron chi connectivity index (χ1n) is 6.76. The molecule has 2 aromatic heterocycles. The third kappa shape index (κ3) is 2.44. The molecule has 0 saturated carbocycles. The van der Waals surface area contributed by atoms with Crippen LogP contribution in [0.25, 0.3) is 22.0 Å². The van der Waals surface area contributed by atoms with E-state index in [4.69, 9.17) is 0 Å². The van der Waals surface area contributed by atoms with Gasteiger partial charge < -0.3 is 4.90 Å². The van der Waals surface area contributed by atoms with Crippen LogP contribution in [-0.4, -0.2) is 24.1 Å². The molecular formula is C17H16FN3. The predicted molar refractivity (Wildman–Crippen MR) is 84.0 cm³/mol. The molecule has 0 aliphatic rings. The molecule has 0 amide bonds. The molecule has 0 atom stereocenters. The Morgan fingerprint density at radius 1 is 1.05 bits per heavy atom. The monoisotopic (exact) mass is 281 g/mol. The Hall–Kier alpha value is -2.49. The summed E-state index contributed by atoms with van der Waals surface area (Å²) >= 11 is 0. The number of hydrogen-bond donors (Lipinski definition) is 0. The van der Waals surface area contributed by atoms with E-state index in [1.54, 1.807) is 12.3 Å². The first-order valence-corrected chi connectivity index (χ1v) is 6.76. The smallest absolute Gasteiger partial charge is 0.135 e. The number of hydrogen-bond acceptors (Lipinski definition) is 3. The first-order chi connectivity index (χ1) is 10.1. The van der Waals surface area contributed by atoms with Gasteiger partial charge in [0.25, 0.3) is 0 Å². The second-order valence-electron chi connectivity index (χ2n) is 5.24. The quantitative estimate of drug-likeness (QED) is 0.715. The molecule has 0 unspecified atom stereocenters. The molecule has 0 bridgehead atoms. The average Bonchev–Trinajstić information content (AvgIpc) is 2.47. The SMILES string of the molecule is Cc1cc(-c2cccnc2N(C)C)c2cc(F)ccc2n1. The molecule has 0 spiro atoms. The van der Waals surface area contributed by atoms with Crippen LogP contribution in [-0.2, 0) is 0 Å². The van der Waals surface area contributed by atoms with E-state index in [9.17, 15) is 4.39 Å². The van der Waals surface area contributed by atoms with Crippen molar-refractivity contribution in [2.75, 3.05) is 19.0 Å². The van der Waals surface area contributed by atoms with Gasteiger partial charge in [-0.1, -0.05) is 0 Å². The van der Waals surface area contributed by atoms with Crippen LogP contribution in [0.5, 0.6) is 0 Å². The Morgan fingerprint density at radius 2 is 1.86 bits per heavy atom. The molecule has 0 aliphatic heterocycles. The summed E-state index contributed by atoms with van der Waals surface area (Å²) in [4.78, 5) is 10.9. The van der Waals surface area contributed by atoms with Crippen molar-refractivity contribution in [3.8, 4) is 11.1 Å². The molecule has 0 aliphatic carbocycles. The van der Waals surface area contributed by atoms with Crippen LogP contribution in [0.4, 0.5) is 10.2 Å². The van der Waals surface area contributed by atoms with Gasteiger partial charge in [-0.05, 0) is 48.9 Å². The Labute approximate surface area is 123 Å². The van der Waals surface area contributed by atoms with Gasteiger partial charge >= 0.3 is 0 Å². The van der Waals surface area contributed by atoms with E-state index < -0.39 is 0 Å². The fraction of sp³-hybridized carbons (Fsp3) is 0.176. The lowest BCUT2D eigenvalue weighted by atomic mass is 10.0. The highest BCUT2D eigenvalue weighted by Crippen LogP contribution is 2.33. The normalized spacial score (nSPS) is 10.9. The number of pyridine rings is 2. The molecule has 3 aromatic rings. The second kappa shape index (κ2) is 5.13. The number of aryl methyl sites for hydroxylation is 1. The highest BCUT2D eigenvalue weighted by Gasteiger charge is 2.13. The summed E-state index contributed by atoms with van der Waals surface area (Å²) in [6, 6.07) is 10.6. The summed E-state index contributed by atoms with van der Waals surface area (Å²) in [7, 11) is 3.89. The van der Waals surface area contributed by atoms with E-state index in [2.05, 4.69) is 9.97 Å². The number of benzene rings is 1. The van der Waals surface area contributed by atoms with Gasteiger partial charge in [0, 0.05) is 36.9 Å². The van der Waals surface area contributed by atoms with Crippen LogP contribution in [0.15, 0.2) is 42.6 Å². The summed E-state index contributed by atoms with van der Waals surface area (Å²) < 4.78 is 13.6. The van der Waals surface area contributed by atoms with Gasteiger partial charge in [0.2, 0.25) is 0 Å². The minimum Gasteiger partial charge on any atom is -0.362 e. The van der Waals surface area contributed by atoms with E-state index in [1.807, 2.05) is 44.1 Å². The number of rotatable bonds is 2. The molecule has 0 fully saturated rings. The van der Waals surface area contributed by atoms with E-state index in [0.717, 1.165) is 33.5 Å². The summed E-state index contributed by atoms with van der Waals surface area (Å²) in [5, 5.41) is 0.803. The fourth-order valence-corrected chi connectivity index (χ4v) is 2.52. The zero-order valence-corrected chi connectivity index (χ0v) is 12.3. The summed E-state index contributed by atoms with van der Waals surface area (Å²) in [5.74, 6) is 0.596. The molecule has 3 nitrogen and oxygen atoms in total. The molecule has 106 valence electrons. The summed E-state index contributed by atoms with van der Waals surface area (Å²) in [6.07, 6.45) is 1.76. The van der Waals surface area contributed by atoms with Crippen molar-refractivity contribution in [3.63, 3.8) is 0 Å². The fourth-order valence-electron chi connectivity index (χ4n) is 2.52. The van der Waals surface area contributed by atoms with Crippen LogP contribution in [0.1, 0.15) is 5.69 Å². The third-order valence-electron chi connectivity index (χ3n) is 3.40. The summed E-state index contributed by atoms with van der Waals surface area (Å²) in [6.45, 7) is 1.94. The van der Waals surface area contributed by atoms with Gasteiger partial charge in [0.1, 0.15) is 11.6 Å². The van der Waals surface area contributed by atoms with E-state index in [0.29, 0.717) is 0 Å². The number of aromatic nitrogens is 2. The van der Waals surface area contributed by atoms with E-state index in [1.165, 1.54) is 12.1 Å². The second-order valence-corrected chi connectivity index (χ2v) is 5.24. The van der Waals surface area contributed by atoms with Crippen molar-refractivity contribution in [2.24, 2.45) is 0 Å².